The molecule has 0 unspecified atom stereocenters. The number of fused-ring (bicyclic) bond motifs is 1. The Labute approximate surface area is 148 Å². The fourth-order valence-electron chi connectivity index (χ4n) is 2.76. The lowest BCUT2D eigenvalue weighted by Crippen LogP contribution is -2.18. The summed E-state index contributed by atoms with van der Waals surface area (Å²) in [7, 11) is 0. The lowest BCUT2D eigenvalue weighted by Gasteiger charge is -2.15. The first-order valence-corrected chi connectivity index (χ1v) is 8.24. The van der Waals surface area contributed by atoms with E-state index in [4.69, 9.17) is 0 Å². The molecular weight excluding hydrogens is 308 g/mol. The van der Waals surface area contributed by atoms with Gasteiger partial charge in [-0.1, -0.05) is 61.2 Å². The lowest BCUT2D eigenvalue weighted by molar-refractivity contribution is 0.940. The van der Waals surface area contributed by atoms with Crippen LogP contribution in [0.5, 0.6) is 0 Å². The van der Waals surface area contributed by atoms with Crippen LogP contribution in [-0.2, 0) is 0 Å². The Hall–Kier alpha value is -3.14. The minimum absolute atomic E-state index is 0.0614. The van der Waals surface area contributed by atoms with Crippen molar-refractivity contribution in [3.8, 4) is 11.3 Å². The topological polar surface area (TPSA) is 53.6 Å². The highest BCUT2D eigenvalue weighted by Gasteiger charge is 2.12. The van der Waals surface area contributed by atoms with Gasteiger partial charge in [0.05, 0.1) is 5.39 Å². The maximum absolute atomic E-state index is 4.42. The molecule has 25 heavy (non-hydrogen) atoms. The van der Waals surface area contributed by atoms with Gasteiger partial charge in [-0.3, -0.25) is 0 Å². The number of nitrogens with one attached hydrogen (secondary N) is 2. The van der Waals surface area contributed by atoms with Crippen molar-refractivity contribution in [1.29, 1.82) is 0 Å². The SMILES string of the molecule is C=C/C=C(\C=C)[C@@H](C)Nc1ncnc2[nH]c(-c3ccc(C)cc3)cc12. The second-order valence-corrected chi connectivity index (χ2v) is 6.01. The van der Waals surface area contributed by atoms with Gasteiger partial charge in [0.1, 0.15) is 17.8 Å². The van der Waals surface area contributed by atoms with Gasteiger partial charge in [0, 0.05) is 11.7 Å². The van der Waals surface area contributed by atoms with Gasteiger partial charge >= 0.3 is 0 Å². The molecule has 0 aliphatic rings. The van der Waals surface area contributed by atoms with Crippen molar-refractivity contribution < 1.29 is 0 Å². The van der Waals surface area contributed by atoms with E-state index >= 15 is 0 Å². The van der Waals surface area contributed by atoms with E-state index < -0.39 is 0 Å². The largest absolute Gasteiger partial charge is 0.363 e. The maximum Gasteiger partial charge on any atom is 0.143 e. The fourth-order valence-corrected chi connectivity index (χ4v) is 2.76. The summed E-state index contributed by atoms with van der Waals surface area (Å²) >= 11 is 0. The van der Waals surface area contributed by atoms with Crippen molar-refractivity contribution in [2.75, 3.05) is 5.32 Å². The fraction of sp³-hybridized carbons (Fsp3) is 0.143. The monoisotopic (exact) mass is 330 g/mol. The van der Waals surface area contributed by atoms with Gasteiger partial charge in [0.25, 0.3) is 0 Å². The van der Waals surface area contributed by atoms with Gasteiger partial charge in [0.2, 0.25) is 0 Å². The summed E-state index contributed by atoms with van der Waals surface area (Å²) in [6.45, 7) is 11.8. The van der Waals surface area contributed by atoms with E-state index in [9.17, 15) is 0 Å². The van der Waals surface area contributed by atoms with Crippen LogP contribution in [-0.4, -0.2) is 21.0 Å². The first kappa shape index (κ1) is 16.7. The van der Waals surface area contributed by atoms with Gasteiger partial charge < -0.3 is 10.3 Å². The Kier molecular flexibility index (Phi) is 4.80. The number of benzene rings is 1. The Morgan fingerprint density at radius 1 is 1.20 bits per heavy atom. The predicted octanol–water partition coefficient (Wildman–Crippen LogP) is 5.03. The van der Waals surface area contributed by atoms with Gasteiger partial charge in [0.15, 0.2) is 0 Å². The molecule has 2 aromatic heterocycles. The summed E-state index contributed by atoms with van der Waals surface area (Å²) in [6, 6.07) is 10.6. The van der Waals surface area contributed by atoms with E-state index in [-0.39, 0.29) is 6.04 Å². The smallest absolute Gasteiger partial charge is 0.143 e. The number of rotatable bonds is 6. The number of H-pyrrole nitrogens is 1. The van der Waals surface area contributed by atoms with Gasteiger partial charge in [-0.25, -0.2) is 9.97 Å². The summed E-state index contributed by atoms with van der Waals surface area (Å²) in [5, 5.41) is 4.40. The third kappa shape index (κ3) is 3.53. The first-order valence-electron chi connectivity index (χ1n) is 8.24. The van der Waals surface area contributed by atoms with Crippen LogP contribution in [0, 0.1) is 6.92 Å². The molecule has 4 nitrogen and oxygen atoms in total. The van der Waals surface area contributed by atoms with E-state index in [1.165, 1.54) is 5.56 Å². The van der Waals surface area contributed by atoms with Crippen LogP contribution in [0.15, 0.2) is 73.6 Å². The van der Waals surface area contributed by atoms with E-state index in [1.54, 1.807) is 12.4 Å². The summed E-state index contributed by atoms with van der Waals surface area (Å²) in [5.41, 5.74) is 5.25. The number of nitrogens with zero attached hydrogens (tertiary/aromatic N) is 2. The number of hydrogen-bond acceptors (Lipinski definition) is 3. The zero-order chi connectivity index (χ0) is 17.8. The van der Waals surface area contributed by atoms with Crippen LogP contribution in [0.25, 0.3) is 22.3 Å². The number of anilines is 1. The van der Waals surface area contributed by atoms with Crippen molar-refractivity contribution in [2.24, 2.45) is 0 Å². The normalized spacial score (nSPS) is 12.8. The number of hydrogen-bond donors (Lipinski definition) is 2. The second-order valence-electron chi connectivity index (χ2n) is 6.01. The standard InChI is InChI=1S/C21H22N4/c1-5-7-16(6-2)15(4)24-20-18-12-19(25-21(18)23-13-22-20)17-10-8-14(3)9-11-17/h5-13,15H,1-2H2,3-4H3,(H2,22,23,24,25)/b16-7+/t15-/m1/s1. The molecule has 4 heteroatoms. The van der Waals surface area contributed by atoms with Crippen molar-refractivity contribution in [1.82, 2.24) is 15.0 Å². The van der Waals surface area contributed by atoms with Crippen molar-refractivity contribution in [3.63, 3.8) is 0 Å². The van der Waals surface area contributed by atoms with E-state index in [1.807, 2.05) is 12.2 Å². The van der Waals surface area contributed by atoms with Crippen LogP contribution < -0.4 is 5.32 Å². The molecule has 0 saturated heterocycles. The Balaban J connectivity index is 1.97. The summed E-state index contributed by atoms with van der Waals surface area (Å²) in [6.07, 6.45) is 7.10. The van der Waals surface area contributed by atoms with Gasteiger partial charge in [-0.15, -0.1) is 0 Å². The highest BCUT2D eigenvalue weighted by atomic mass is 15.1. The molecule has 2 N–H and O–H groups in total. The Morgan fingerprint density at radius 3 is 2.64 bits per heavy atom. The van der Waals surface area contributed by atoms with Crippen LogP contribution >= 0.6 is 0 Å². The van der Waals surface area contributed by atoms with Crippen molar-refractivity contribution >= 4 is 16.9 Å². The predicted molar refractivity (Wildman–Crippen MR) is 106 cm³/mol. The van der Waals surface area contributed by atoms with Gasteiger partial charge in [-0.2, -0.15) is 0 Å². The van der Waals surface area contributed by atoms with E-state index in [0.717, 1.165) is 33.7 Å². The molecular formula is C21H22N4. The first-order chi connectivity index (χ1) is 12.1. The molecule has 0 aliphatic heterocycles. The van der Waals surface area contributed by atoms with Gasteiger partial charge in [-0.05, 0) is 31.1 Å². The van der Waals surface area contributed by atoms with Crippen LogP contribution in [0.2, 0.25) is 0 Å². The quantitative estimate of drug-likeness (QED) is 0.623. The molecule has 0 fully saturated rings. The summed E-state index contributed by atoms with van der Waals surface area (Å²) in [5.74, 6) is 0.795. The molecule has 0 amide bonds. The zero-order valence-electron chi connectivity index (χ0n) is 14.6. The summed E-state index contributed by atoms with van der Waals surface area (Å²) < 4.78 is 0. The molecule has 0 bridgehead atoms. The Morgan fingerprint density at radius 2 is 1.96 bits per heavy atom. The number of aromatic nitrogens is 3. The number of allylic oxidation sites excluding steroid dienone is 2. The minimum Gasteiger partial charge on any atom is -0.363 e. The van der Waals surface area contributed by atoms with E-state index in [0.29, 0.717) is 0 Å². The Bertz CT molecular complexity index is 932. The average Bonchev–Trinajstić information content (AvgIpc) is 3.05. The number of aryl methyl sites for hydroxylation is 1. The van der Waals surface area contributed by atoms with Crippen molar-refractivity contribution in [2.45, 2.75) is 19.9 Å². The lowest BCUT2D eigenvalue weighted by atomic mass is 10.1. The molecule has 0 spiro atoms. The van der Waals surface area contributed by atoms with Crippen molar-refractivity contribution in [3.05, 3.63) is 79.2 Å². The zero-order valence-corrected chi connectivity index (χ0v) is 14.6. The number of aromatic amines is 1. The van der Waals surface area contributed by atoms with E-state index in [2.05, 4.69) is 77.6 Å². The van der Waals surface area contributed by atoms with Crippen LogP contribution in [0.3, 0.4) is 0 Å². The highest BCUT2D eigenvalue weighted by Crippen LogP contribution is 2.27. The molecule has 0 aliphatic carbocycles. The third-order valence-electron chi connectivity index (χ3n) is 4.19. The average molecular weight is 330 g/mol. The van der Waals surface area contributed by atoms with Crippen LogP contribution in [0.1, 0.15) is 12.5 Å². The third-order valence-corrected chi connectivity index (χ3v) is 4.19. The second kappa shape index (κ2) is 7.18. The molecule has 2 heterocycles. The minimum atomic E-state index is 0.0614. The molecule has 0 saturated carbocycles. The van der Waals surface area contributed by atoms with Crippen LogP contribution in [0.4, 0.5) is 5.82 Å². The maximum atomic E-state index is 4.42. The molecule has 3 aromatic rings. The molecule has 126 valence electrons. The molecule has 3 rings (SSSR count). The molecule has 0 radical (unpaired) electrons. The molecule has 1 atom stereocenters. The summed E-state index contributed by atoms with van der Waals surface area (Å²) in [4.78, 5) is 12.1. The molecule has 1 aromatic carbocycles. The highest BCUT2D eigenvalue weighted by molar-refractivity contribution is 5.91.